The lowest BCUT2D eigenvalue weighted by Crippen LogP contribution is -2.30. The minimum absolute atomic E-state index is 0.0743. The van der Waals surface area contributed by atoms with Crippen molar-refractivity contribution in [1.29, 1.82) is 0 Å². The summed E-state index contributed by atoms with van der Waals surface area (Å²) in [6, 6.07) is 1.50. The summed E-state index contributed by atoms with van der Waals surface area (Å²) < 4.78 is 19.8. The van der Waals surface area contributed by atoms with Crippen LogP contribution < -0.4 is 5.56 Å². The molecule has 0 bridgehead atoms. The van der Waals surface area contributed by atoms with Gasteiger partial charge in [-0.25, -0.2) is 0 Å². The number of carbonyl (C=O) groups excluding carboxylic acids is 1. The molecule has 0 radical (unpaired) electrons. The lowest BCUT2D eigenvalue weighted by molar-refractivity contribution is -0.155. The van der Waals surface area contributed by atoms with Gasteiger partial charge < -0.3 is 9.30 Å². The number of hydrogen-bond acceptors (Lipinski definition) is 4. The van der Waals surface area contributed by atoms with E-state index in [0.717, 1.165) is 0 Å². The maximum Gasteiger partial charge on any atom is 0.306 e. The van der Waals surface area contributed by atoms with E-state index >= 15 is 0 Å². The van der Waals surface area contributed by atoms with Crippen molar-refractivity contribution in [3.8, 4) is 0 Å². The third-order valence-electron chi connectivity index (χ3n) is 3.52. The van der Waals surface area contributed by atoms with Crippen LogP contribution in [0.3, 0.4) is 0 Å². The average Bonchev–Trinajstić information content (AvgIpc) is 2.38. The molecule has 1 aromatic heterocycles. The second-order valence-electron chi connectivity index (χ2n) is 8.14. The van der Waals surface area contributed by atoms with Gasteiger partial charge in [0.05, 0.1) is 6.42 Å². The van der Waals surface area contributed by atoms with E-state index in [1.54, 1.807) is 34.0 Å². The highest BCUT2D eigenvalue weighted by Gasteiger charge is 2.29. The van der Waals surface area contributed by atoms with Crippen molar-refractivity contribution in [3.05, 3.63) is 32.7 Å². The molecule has 0 unspecified atom stereocenters. The molecule has 0 spiro atoms. The molecule has 1 heterocycles. The standard InChI is InChI=1S/C18H28BrNO4S/c1-17(2,3)24-16(22)8-12(11-25(23)18(4,5)6)13-9-15(21)20(7)10-14(13)19/h9-10,12H,8,11H2,1-7H3/t12-,25-/m1/s1. The molecule has 25 heavy (non-hydrogen) atoms. The highest BCUT2D eigenvalue weighted by atomic mass is 79.9. The summed E-state index contributed by atoms with van der Waals surface area (Å²) >= 11 is 3.46. The summed E-state index contributed by atoms with van der Waals surface area (Å²) in [5, 5.41) is 0. The second kappa shape index (κ2) is 8.16. The van der Waals surface area contributed by atoms with Gasteiger partial charge in [-0.1, -0.05) is 0 Å². The number of hydrogen-bond donors (Lipinski definition) is 0. The van der Waals surface area contributed by atoms with Crippen molar-refractivity contribution in [1.82, 2.24) is 4.57 Å². The molecule has 1 aromatic rings. The van der Waals surface area contributed by atoms with E-state index in [4.69, 9.17) is 4.74 Å². The molecular weight excluding hydrogens is 406 g/mol. The Hall–Kier alpha value is -0.950. The number of aromatic nitrogens is 1. The van der Waals surface area contributed by atoms with Crippen LogP contribution in [-0.2, 0) is 27.4 Å². The molecule has 0 N–H and O–H groups in total. The van der Waals surface area contributed by atoms with Crippen LogP contribution in [0.25, 0.3) is 0 Å². The fraction of sp³-hybridized carbons (Fsp3) is 0.667. The first kappa shape index (κ1) is 22.1. The van der Waals surface area contributed by atoms with E-state index in [9.17, 15) is 13.8 Å². The van der Waals surface area contributed by atoms with Crippen LogP contribution in [0.1, 0.15) is 59.4 Å². The molecule has 0 aliphatic carbocycles. The Morgan fingerprint density at radius 2 is 1.84 bits per heavy atom. The van der Waals surface area contributed by atoms with Gasteiger partial charge in [-0.15, -0.1) is 0 Å². The molecule has 1 rings (SSSR count). The maximum atomic E-state index is 12.6. The summed E-state index contributed by atoms with van der Waals surface area (Å²) in [6.45, 7) is 11.1. The Balaban J connectivity index is 3.20. The molecule has 7 heteroatoms. The van der Waals surface area contributed by atoms with Crippen molar-refractivity contribution in [2.75, 3.05) is 5.75 Å². The number of ether oxygens (including phenoxy) is 1. The Kier molecular flexibility index (Phi) is 7.21. The van der Waals surface area contributed by atoms with E-state index in [1.165, 1.54) is 10.6 Å². The van der Waals surface area contributed by atoms with E-state index in [2.05, 4.69) is 15.9 Å². The molecule has 0 aromatic carbocycles. The van der Waals surface area contributed by atoms with Gasteiger partial charge in [0.25, 0.3) is 5.56 Å². The first-order valence-corrected chi connectivity index (χ1v) is 10.3. The zero-order chi connectivity index (χ0) is 19.6. The topological polar surface area (TPSA) is 65.4 Å². The van der Waals surface area contributed by atoms with Crippen LogP contribution >= 0.6 is 15.9 Å². The molecule has 0 saturated carbocycles. The van der Waals surface area contributed by atoms with Crippen molar-refractivity contribution in [2.45, 2.75) is 64.2 Å². The monoisotopic (exact) mass is 433 g/mol. The number of carbonyl (C=O) groups is 1. The van der Waals surface area contributed by atoms with Crippen molar-refractivity contribution in [2.24, 2.45) is 7.05 Å². The minimum atomic E-state index is -1.17. The molecule has 0 fully saturated rings. The van der Waals surface area contributed by atoms with Crippen LogP contribution in [-0.4, -0.2) is 30.8 Å². The zero-order valence-electron chi connectivity index (χ0n) is 16.0. The fourth-order valence-corrected chi connectivity index (χ4v) is 4.11. The summed E-state index contributed by atoms with van der Waals surface area (Å²) in [5.41, 5.74) is -0.0741. The van der Waals surface area contributed by atoms with E-state index in [1.807, 2.05) is 20.8 Å². The Morgan fingerprint density at radius 1 is 1.28 bits per heavy atom. The molecular formula is C18H28BrNO4S. The minimum Gasteiger partial charge on any atom is -0.460 e. The van der Waals surface area contributed by atoms with Gasteiger partial charge in [0.15, 0.2) is 0 Å². The van der Waals surface area contributed by atoms with Gasteiger partial charge in [-0.3, -0.25) is 13.8 Å². The number of esters is 1. The third-order valence-corrected chi connectivity index (χ3v) is 6.25. The average molecular weight is 434 g/mol. The van der Waals surface area contributed by atoms with E-state index in [0.29, 0.717) is 10.0 Å². The number of nitrogens with zero attached hydrogens (tertiary/aromatic N) is 1. The first-order valence-electron chi connectivity index (χ1n) is 8.17. The van der Waals surface area contributed by atoms with Gasteiger partial charge in [0, 0.05) is 51.0 Å². The Morgan fingerprint density at radius 3 is 2.32 bits per heavy atom. The number of aryl methyl sites for hydroxylation is 1. The highest BCUT2D eigenvalue weighted by Crippen LogP contribution is 2.30. The SMILES string of the molecule is Cn1cc(Br)c([C@H](CC(=O)OC(C)(C)C)C[S@@](=O)C(C)(C)C)cc1=O. The van der Waals surface area contributed by atoms with Crippen LogP contribution in [0.15, 0.2) is 21.5 Å². The van der Waals surface area contributed by atoms with Crippen LogP contribution in [0.4, 0.5) is 0 Å². The molecule has 5 nitrogen and oxygen atoms in total. The molecule has 0 amide bonds. The Labute approximate surface area is 160 Å². The zero-order valence-corrected chi connectivity index (χ0v) is 18.4. The lowest BCUT2D eigenvalue weighted by atomic mass is 9.98. The van der Waals surface area contributed by atoms with Crippen LogP contribution in [0.2, 0.25) is 0 Å². The largest absolute Gasteiger partial charge is 0.460 e. The molecule has 142 valence electrons. The fourth-order valence-electron chi connectivity index (χ4n) is 2.20. The quantitative estimate of drug-likeness (QED) is 0.666. The smallest absolute Gasteiger partial charge is 0.306 e. The predicted octanol–water partition coefficient (Wildman–Crippen LogP) is 3.51. The van der Waals surface area contributed by atoms with E-state index in [-0.39, 0.29) is 29.6 Å². The summed E-state index contributed by atoms with van der Waals surface area (Å²) in [5.74, 6) is -0.441. The second-order valence-corrected chi connectivity index (χ2v) is 11.2. The van der Waals surface area contributed by atoms with Gasteiger partial charge in [0.2, 0.25) is 0 Å². The van der Waals surface area contributed by atoms with Crippen molar-refractivity contribution in [3.63, 3.8) is 0 Å². The lowest BCUT2D eigenvalue weighted by Gasteiger charge is -2.25. The van der Waals surface area contributed by atoms with Gasteiger partial charge in [-0.05, 0) is 63.0 Å². The highest BCUT2D eigenvalue weighted by molar-refractivity contribution is 9.10. The molecule has 0 saturated heterocycles. The van der Waals surface area contributed by atoms with E-state index < -0.39 is 21.1 Å². The summed E-state index contributed by atoms with van der Waals surface area (Å²) in [4.78, 5) is 24.4. The van der Waals surface area contributed by atoms with Crippen molar-refractivity contribution >= 4 is 32.7 Å². The van der Waals surface area contributed by atoms with Gasteiger partial charge >= 0.3 is 5.97 Å². The molecule has 2 atom stereocenters. The maximum absolute atomic E-state index is 12.6. The normalized spacial score (nSPS) is 14.9. The van der Waals surface area contributed by atoms with Crippen molar-refractivity contribution < 1.29 is 13.7 Å². The predicted molar refractivity (Wildman–Crippen MR) is 105 cm³/mol. The molecule has 0 aliphatic heterocycles. The summed E-state index contributed by atoms with van der Waals surface area (Å²) in [6.07, 6.45) is 1.74. The summed E-state index contributed by atoms with van der Waals surface area (Å²) in [7, 11) is 0.495. The van der Waals surface area contributed by atoms with Crippen LogP contribution in [0.5, 0.6) is 0 Å². The molecule has 0 aliphatic rings. The third kappa shape index (κ3) is 7.05. The number of halogens is 1. The van der Waals surface area contributed by atoms with Gasteiger partial charge in [-0.2, -0.15) is 0 Å². The Bertz CT molecular complexity index is 713. The van der Waals surface area contributed by atoms with Crippen LogP contribution in [0, 0.1) is 0 Å². The number of pyridine rings is 1. The first-order chi connectivity index (χ1) is 11.2. The van der Waals surface area contributed by atoms with Gasteiger partial charge in [0.1, 0.15) is 5.60 Å². The number of rotatable bonds is 5.